The van der Waals surface area contributed by atoms with Crippen LogP contribution in [0.1, 0.15) is 40.0 Å². The molecule has 0 spiro atoms. The van der Waals surface area contributed by atoms with Gasteiger partial charge in [-0.15, -0.1) is 0 Å². The number of nitrogens with one attached hydrogen (secondary N) is 1. The molecule has 128 valence electrons. The molecule has 0 radical (unpaired) electrons. The zero-order chi connectivity index (χ0) is 17.6. The molecule has 0 fully saturated rings. The van der Waals surface area contributed by atoms with Crippen LogP contribution in [0.3, 0.4) is 0 Å². The normalized spacial score (nSPS) is 12.6. The Morgan fingerprint density at radius 3 is 2.48 bits per heavy atom. The number of carbonyl (C=O) groups is 2. The molecule has 0 bridgehead atoms. The fourth-order valence-corrected chi connectivity index (χ4v) is 2.63. The minimum absolute atomic E-state index is 0.154. The summed E-state index contributed by atoms with van der Waals surface area (Å²) in [5.41, 5.74) is -0.805. The van der Waals surface area contributed by atoms with Crippen LogP contribution in [0, 0.1) is 5.82 Å². The van der Waals surface area contributed by atoms with E-state index in [9.17, 15) is 14.0 Å². The topological polar surface area (TPSA) is 75.6 Å². The van der Waals surface area contributed by atoms with E-state index in [1.54, 1.807) is 6.92 Å². The second kappa shape index (κ2) is 8.29. The average Bonchev–Trinajstić information content (AvgIpc) is 2.48. The molecular formula is C16H21BrFNO4. The number of benzene rings is 1. The van der Waals surface area contributed by atoms with Crippen LogP contribution in [-0.4, -0.2) is 28.6 Å². The van der Waals surface area contributed by atoms with Crippen LogP contribution in [0.5, 0.6) is 5.75 Å². The molecule has 0 saturated heterocycles. The summed E-state index contributed by atoms with van der Waals surface area (Å²) >= 11 is 3.17. The molecule has 1 atom stereocenters. The molecule has 0 heterocycles. The van der Waals surface area contributed by atoms with Gasteiger partial charge in [-0.05, 0) is 53.9 Å². The van der Waals surface area contributed by atoms with Crippen molar-refractivity contribution in [2.75, 3.05) is 0 Å². The summed E-state index contributed by atoms with van der Waals surface area (Å²) in [7, 11) is 0. The van der Waals surface area contributed by atoms with Gasteiger partial charge in [0.2, 0.25) is 0 Å². The van der Waals surface area contributed by atoms with Gasteiger partial charge in [0, 0.05) is 0 Å². The summed E-state index contributed by atoms with van der Waals surface area (Å²) in [6.07, 6.45) is -0.00939. The Labute approximate surface area is 143 Å². The molecule has 1 unspecified atom stereocenters. The Kier molecular flexibility index (Phi) is 7.00. The zero-order valence-corrected chi connectivity index (χ0v) is 14.9. The number of aliphatic carboxylic acids is 1. The van der Waals surface area contributed by atoms with Crippen LogP contribution >= 0.6 is 15.9 Å². The number of amides is 1. The second-order valence-electron chi connectivity index (χ2n) is 5.38. The largest absolute Gasteiger partial charge is 0.481 e. The lowest BCUT2D eigenvalue weighted by Crippen LogP contribution is -2.52. The monoisotopic (exact) mass is 389 g/mol. The minimum atomic E-state index is -0.969. The molecule has 1 rings (SSSR count). The van der Waals surface area contributed by atoms with Gasteiger partial charge < -0.3 is 15.2 Å². The van der Waals surface area contributed by atoms with Crippen LogP contribution in [0.2, 0.25) is 0 Å². The van der Waals surface area contributed by atoms with Gasteiger partial charge in [-0.2, -0.15) is 0 Å². The van der Waals surface area contributed by atoms with Crippen molar-refractivity contribution in [3.05, 3.63) is 28.5 Å². The summed E-state index contributed by atoms with van der Waals surface area (Å²) in [6, 6.07) is 3.90. The maximum atomic E-state index is 13.1. The van der Waals surface area contributed by atoms with Gasteiger partial charge >= 0.3 is 5.97 Å². The fourth-order valence-electron chi connectivity index (χ4n) is 2.19. The van der Waals surface area contributed by atoms with Crippen molar-refractivity contribution in [2.24, 2.45) is 0 Å². The number of hydrogen-bond donors (Lipinski definition) is 2. The van der Waals surface area contributed by atoms with Crippen molar-refractivity contribution in [3.8, 4) is 5.75 Å². The third-order valence-corrected chi connectivity index (χ3v) is 4.42. The number of rotatable bonds is 8. The van der Waals surface area contributed by atoms with Gasteiger partial charge in [-0.25, -0.2) is 4.39 Å². The predicted octanol–water partition coefficient (Wildman–Crippen LogP) is 3.51. The fraction of sp³-hybridized carbons (Fsp3) is 0.500. The van der Waals surface area contributed by atoms with E-state index in [0.717, 1.165) is 0 Å². The molecule has 7 heteroatoms. The van der Waals surface area contributed by atoms with Crippen molar-refractivity contribution in [3.63, 3.8) is 0 Å². The highest BCUT2D eigenvalue weighted by molar-refractivity contribution is 9.10. The zero-order valence-electron chi connectivity index (χ0n) is 13.4. The first-order valence-electron chi connectivity index (χ1n) is 7.38. The highest BCUT2D eigenvalue weighted by Gasteiger charge is 2.32. The van der Waals surface area contributed by atoms with E-state index in [2.05, 4.69) is 21.2 Å². The van der Waals surface area contributed by atoms with E-state index >= 15 is 0 Å². The van der Waals surface area contributed by atoms with Crippen molar-refractivity contribution < 1.29 is 23.8 Å². The standard InChI is InChI=1S/C16H21BrFNO4/c1-4-16(5-2,9-14(20)21)19-15(22)10(3)23-13-7-6-11(18)8-12(13)17/h6-8,10H,4-5,9H2,1-3H3,(H,19,22)(H,20,21). The van der Waals surface area contributed by atoms with Crippen molar-refractivity contribution in [2.45, 2.75) is 51.7 Å². The van der Waals surface area contributed by atoms with Gasteiger partial charge in [-0.1, -0.05) is 13.8 Å². The summed E-state index contributed by atoms with van der Waals surface area (Å²) in [6.45, 7) is 5.21. The van der Waals surface area contributed by atoms with E-state index in [4.69, 9.17) is 9.84 Å². The van der Waals surface area contributed by atoms with Crippen LogP contribution in [0.4, 0.5) is 4.39 Å². The highest BCUT2D eigenvalue weighted by atomic mass is 79.9. The molecule has 0 aliphatic rings. The molecule has 0 aliphatic carbocycles. The van der Waals surface area contributed by atoms with Crippen LogP contribution in [0.15, 0.2) is 22.7 Å². The quantitative estimate of drug-likeness (QED) is 0.713. The molecule has 0 aliphatic heterocycles. The van der Waals surface area contributed by atoms with E-state index in [1.165, 1.54) is 18.2 Å². The molecule has 23 heavy (non-hydrogen) atoms. The van der Waals surface area contributed by atoms with Crippen molar-refractivity contribution >= 4 is 27.8 Å². The summed E-state index contributed by atoms with van der Waals surface area (Å²) in [4.78, 5) is 23.3. The number of hydrogen-bond acceptors (Lipinski definition) is 3. The third kappa shape index (κ3) is 5.49. The number of carboxylic acids is 1. The van der Waals surface area contributed by atoms with Gasteiger partial charge in [0.25, 0.3) is 5.91 Å². The molecule has 2 N–H and O–H groups in total. The summed E-state index contributed by atoms with van der Waals surface area (Å²) < 4.78 is 19.0. The lowest BCUT2D eigenvalue weighted by atomic mass is 9.88. The minimum Gasteiger partial charge on any atom is -0.481 e. The average molecular weight is 390 g/mol. The number of carboxylic acid groups (broad SMARTS) is 1. The molecule has 0 aromatic heterocycles. The van der Waals surface area contributed by atoms with Gasteiger partial charge in [0.1, 0.15) is 11.6 Å². The Morgan fingerprint density at radius 1 is 1.39 bits per heavy atom. The Balaban J connectivity index is 2.80. The SMILES string of the molecule is CCC(CC)(CC(=O)O)NC(=O)C(C)Oc1ccc(F)cc1Br. The van der Waals surface area contributed by atoms with Crippen LogP contribution in [0.25, 0.3) is 0 Å². The number of halogens is 2. The summed E-state index contributed by atoms with van der Waals surface area (Å²) in [5, 5.41) is 11.8. The predicted molar refractivity (Wildman–Crippen MR) is 87.9 cm³/mol. The molecular weight excluding hydrogens is 369 g/mol. The van der Waals surface area contributed by atoms with E-state index in [0.29, 0.717) is 23.1 Å². The lowest BCUT2D eigenvalue weighted by Gasteiger charge is -2.32. The van der Waals surface area contributed by atoms with E-state index < -0.39 is 29.3 Å². The smallest absolute Gasteiger partial charge is 0.305 e. The highest BCUT2D eigenvalue weighted by Crippen LogP contribution is 2.27. The first-order valence-corrected chi connectivity index (χ1v) is 8.18. The van der Waals surface area contributed by atoms with Crippen LogP contribution in [-0.2, 0) is 9.59 Å². The number of carbonyl (C=O) groups excluding carboxylic acids is 1. The van der Waals surface area contributed by atoms with E-state index in [1.807, 2.05) is 13.8 Å². The molecule has 0 saturated carbocycles. The first-order chi connectivity index (χ1) is 10.7. The van der Waals surface area contributed by atoms with E-state index in [-0.39, 0.29) is 6.42 Å². The Hall–Kier alpha value is -1.63. The first kappa shape index (κ1) is 19.4. The Morgan fingerprint density at radius 2 is 2.00 bits per heavy atom. The van der Waals surface area contributed by atoms with Crippen molar-refractivity contribution in [1.82, 2.24) is 5.32 Å². The second-order valence-corrected chi connectivity index (χ2v) is 6.24. The molecule has 1 aromatic carbocycles. The molecule has 5 nitrogen and oxygen atoms in total. The third-order valence-electron chi connectivity index (χ3n) is 3.80. The van der Waals surface area contributed by atoms with Gasteiger partial charge in [-0.3, -0.25) is 9.59 Å². The van der Waals surface area contributed by atoms with Gasteiger partial charge in [0.15, 0.2) is 6.10 Å². The number of ether oxygens (including phenoxy) is 1. The van der Waals surface area contributed by atoms with Gasteiger partial charge in [0.05, 0.1) is 16.4 Å². The molecule has 1 amide bonds. The maximum absolute atomic E-state index is 13.1. The Bertz CT molecular complexity index is 575. The maximum Gasteiger partial charge on any atom is 0.305 e. The lowest BCUT2D eigenvalue weighted by molar-refractivity contribution is -0.139. The van der Waals surface area contributed by atoms with Crippen LogP contribution < -0.4 is 10.1 Å². The summed E-state index contributed by atoms with van der Waals surface area (Å²) in [5.74, 6) is -1.46. The molecule has 1 aromatic rings. The van der Waals surface area contributed by atoms with Crippen molar-refractivity contribution in [1.29, 1.82) is 0 Å².